The lowest BCUT2D eigenvalue weighted by Gasteiger charge is -2.06. The van der Waals surface area contributed by atoms with E-state index in [1.165, 1.54) is 5.56 Å². The molecular formula is C9H14N2OS. The fourth-order valence-corrected chi connectivity index (χ4v) is 1.63. The third-order valence-corrected chi connectivity index (χ3v) is 2.44. The van der Waals surface area contributed by atoms with Gasteiger partial charge in [-0.25, -0.2) is 0 Å². The fraction of sp³-hybridized carbons (Fsp3) is 0.444. The summed E-state index contributed by atoms with van der Waals surface area (Å²) in [4.78, 5) is 11.0. The van der Waals surface area contributed by atoms with E-state index in [-0.39, 0.29) is 5.91 Å². The first-order valence-corrected chi connectivity index (χ1v) is 5.19. The Bertz CT molecular complexity index is 257. The SMILES string of the molecule is C[C@@H](N)C(=O)NCCc1ccsc1. The molecule has 1 atom stereocenters. The maximum absolute atomic E-state index is 11.0. The molecule has 0 aromatic carbocycles. The first-order valence-electron chi connectivity index (χ1n) is 4.24. The van der Waals surface area contributed by atoms with Crippen molar-refractivity contribution in [3.63, 3.8) is 0 Å². The van der Waals surface area contributed by atoms with Crippen LogP contribution in [0.25, 0.3) is 0 Å². The highest BCUT2D eigenvalue weighted by molar-refractivity contribution is 7.07. The Hall–Kier alpha value is -0.870. The van der Waals surface area contributed by atoms with Crippen LogP contribution in [0.15, 0.2) is 16.8 Å². The molecule has 3 N–H and O–H groups in total. The van der Waals surface area contributed by atoms with Crippen LogP contribution >= 0.6 is 11.3 Å². The van der Waals surface area contributed by atoms with E-state index in [1.54, 1.807) is 18.3 Å². The van der Waals surface area contributed by atoms with E-state index in [0.29, 0.717) is 6.54 Å². The van der Waals surface area contributed by atoms with Crippen molar-refractivity contribution in [1.82, 2.24) is 5.32 Å². The van der Waals surface area contributed by atoms with Gasteiger partial charge in [0, 0.05) is 6.54 Å². The molecule has 0 bridgehead atoms. The first-order chi connectivity index (χ1) is 6.20. The third kappa shape index (κ3) is 3.57. The molecule has 1 aromatic rings. The summed E-state index contributed by atoms with van der Waals surface area (Å²) in [6, 6.07) is 1.64. The smallest absolute Gasteiger partial charge is 0.236 e. The molecule has 0 radical (unpaired) electrons. The Morgan fingerprint density at radius 1 is 1.77 bits per heavy atom. The van der Waals surface area contributed by atoms with Crippen LogP contribution in [0.2, 0.25) is 0 Å². The Morgan fingerprint density at radius 2 is 2.54 bits per heavy atom. The van der Waals surface area contributed by atoms with E-state index in [2.05, 4.69) is 16.8 Å². The highest BCUT2D eigenvalue weighted by Gasteiger charge is 2.05. The second-order valence-corrected chi connectivity index (χ2v) is 3.74. The van der Waals surface area contributed by atoms with Gasteiger partial charge in [0.2, 0.25) is 5.91 Å². The van der Waals surface area contributed by atoms with Crippen molar-refractivity contribution in [2.75, 3.05) is 6.54 Å². The zero-order valence-corrected chi connectivity index (χ0v) is 8.43. The van der Waals surface area contributed by atoms with Crippen molar-refractivity contribution >= 4 is 17.2 Å². The molecule has 1 amide bonds. The molecule has 0 fully saturated rings. The van der Waals surface area contributed by atoms with Gasteiger partial charge in [0.05, 0.1) is 6.04 Å². The van der Waals surface area contributed by atoms with Gasteiger partial charge in [-0.1, -0.05) is 0 Å². The van der Waals surface area contributed by atoms with Crippen molar-refractivity contribution in [2.45, 2.75) is 19.4 Å². The van der Waals surface area contributed by atoms with E-state index in [9.17, 15) is 4.79 Å². The van der Waals surface area contributed by atoms with Crippen molar-refractivity contribution in [2.24, 2.45) is 5.73 Å². The minimum atomic E-state index is -0.414. The standard InChI is InChI=1S/C9H14N2OS/c1-7(10)9(12)11-4-2-8-3-5-13-6-8/h3,5-7H,2,4,10H2,1H3,(H,11,12)/t7-/m1/s1. The summed E-state index contributed by atoms with van der Waals surface area (Å²) in [7, 11) is 0. The lowest BCUT2D eigenvalue weighted by Crippen LogP contribution is -2.39. The van der Waals surface area contributed by atoms with E-state index >= 15 is 0 Å². The number of thiophene rings is 1. The number of carbonyl (C=O) groups excluding carboxylic acids is 1. The fourth-order valence-electron chi connectivity index (χ4n) is 0.926. The van der Waals surface area contributed by atoms with Crippen LogP contribution in [0.1, 0.15) is 12.5 Å². The number of nitrogens with two attached hydrogens (primary N) is 1. The second kappa shape index (κ2) is 4.99. The molecule has 72 valence electrons. The molecule has 0 aliphatic heterocycles. The van der Waals surface area contributed by atoms with Crippen LogP contribution in [0, 0.1) is 0 Å². The van der Waals surface area contributed by atoms with E-state index in [0.717, 1.165) is 6.42 Å². The highest BCUT2D eigenvalue weighted by Crippen LogP contribution is 2.05. The molecule has 0 aliphatic carbocycles. The quantitative estimate of drug-likeness (QED) is 0.750. The van der Waals surface area contributed by atoms with Gasteiger partial charge in [-0.3, -0.25) is 4.79 Å². The lowest BCUT2D eigenvalue weighted by atomic mass is 10.2. The van der Waals surface area contributed by atoms with Crippen molar-refractivity contribution in [1.29, 1.82) is 0 Å². The normalized spacial score (nSPS) is 12.5. The summed E-state index contributed by atoms with van der Waals surface area (Å²) in [6.07, 6.45) is 0.877. The molecule has 0 spiro atoms. The maximum Gasteiger partial charge on any atom is 0.236 e. The Kier molecular flexibility index (Phi) is 3.92. The zero-order valence-electron chi connectivity index (χ0n) is 7.62. The molecule has 0 unspecified atom stereocenters. The van der Waals surface area contributed by atoms with Gasteiger partial charge >= 0.3 is 0 Å². The molecule has 0 saturated heterocycles. The van der Waals surface area contributed by atoms with Crippen LogP contribution in [0.4, 0.5) is 0 Å². The summed E-state index contributed by atoms with van der Waals surface area (Å²) >= 11 is 1.67. The van der Waals surface area contributed by atoms with Crippen LogP contribution in [0.3, 0.4) is 0 Å². The van der Waals surface area contributed by atoms with Crippen molar-refractivity contribution in [3.05, 3.63) is 22.4 Å². The van der Waals surface area contributed by atoms with Crippen molar-refractivity contribution < 1.29 is 4.79 Å². The number of hydrogen-bond acceptors (Lipinski definition) is 3. The zero-order chi connectivity index (χ0) is 9.68. The lowest BCUT2D eigenvalue weighted by molar-refractivity contribution is -0.121. The summed E-state index contributed by atoms with van der Waals surface area (Å²) < 4.78 is 0. The predicted molar refractivity (Wildman–Crippen MR) is 54.7 cm³/mol. The number of rotatable bonds is 4. The van der Waals surface area contributed by atoms with Crippen LogP contribution in [0.5, 0.6) is 0 Å². The molecule has 0 saturated carbocycles. The number of amides is 1. The molecule has 1 heterocycles. The van der Waals surface area contributed by atoms with E-state index in [4.69, 9.17) is 5.73 Å². The monoisotopic (exact) mass is 198 g/mol. The summed E-state index contributed by atoms with van der Waals surface area (Å²) in [5.74, 6) is -0.0878. The average Bonchev–Trinajstić information content (AvgIpc) is 2.56. The molecule has 1 aromatic heterocycles. The van der Waals surface area contributed by atoms with Gasteiger partial charge in [0.25, 0.3) is 0 Å². The van der Waals surface area contributed by atoms with Crippen molar-refractivity contribution in [3.8, 4) is 0 Å². The molecular weight excluding hydrogens is 184 g/mol. The number of nitrogens with one attached hydrogen (secondary N) is 1. The third-order valence-electron chi connectivity index (χ3n) is 1.71. The number of hydrogen-bond donors (Lipinski definition) is 2. The largest absolute Gasteiger partial charge is 0.354 e. The van der Waals surface area contributed by atoms with E-state index in [1.807, 2.05) is 5.38 Å². The van der Waals surface area contributed by atoms with Gasteiger partial charge in [-0.05, 0) is 35.7 Å². The van der Waals surface area contributed by atoms with E-state index < -0.39 is 6.04 Å². The Balaban J connectivity index is 2.18. The maximum atomic E-state index is 11.0. The van der Waals surface area contributed by atoms with Crippen LogP contribution < -0.4 is 11.1 Å². The van der Waals surface area contributed by atoms with Gasteiger partial charge in [-0.15, -0.1) is 0 Å². The molecule has 13 heavy (non-hydrogen) atoms. The Labute approximate surface area is 81.9 Å². The summed E-state index contributed by atoms with van der Waals surface area (Å²) in [5.41, 5.74) is 6.64. The van der Waals surface area contributed by atoms with Gasteiger partial charge in [0.1, 0.15) is 0 Å². The van der Waals surface area contributed by atoms with Gasteiger partial charge in [-0.2, -0.15) is 11.3 Å². The second-order valence-electron chi connectivity index (χ2n) is 2.96. The molecule has 1 rings (SSSR count). The first kappa shape index (κ1) is 10.2. The van der Waals surface area contributed by atoms with Crippen LogP contribution in [-0.2, 0) is 11.2 Å². The van der Waals surface area contributed by atoms with Gasteiger partial charge in [0.15, 0.2) is 0 Å². The number of carbonyl (C=O) groups is 1. The van der Waals surface area contributed by atoms with Gasteiger partial charge < -0.3 is 11.1 Å². The molecule has 4 heteroatoms. The average molecular weight is 198 g/mol. The minimum Gasteiger partial charge on any atom is -0.354 e. The Morgan fingerprint density at radius 3 is 3.08 bits per heavy atom. The summed E-state index contributed by atoms with van der Waals surface area (Å²) in [5, 5.41) is 6.87. The highest BCUT2D eigenvalue weighted by atomic mass is 32.1. The van der Waals surface area contributed by atoms with Crippen LogP contribution in [-0.4, -0.2) is 18.5 Å². The minimum absolute atomic E-state index is 0.0878. The summed E-state index contributed by atoms with van der Waals surface area (Å²) in [6.45, 7) is 2.34. The molecule has 3 nitrogen and oxygen atoms in total. The topological polar surface area (TPSA) is 55.1 Å². The molecule has 0 aliphatic rings. The predicted octanol–water partition coefficient (Wildman–Crippen LogP) is 0.754.